The summed E-state index contributed by atoms with van der Waals surface area (Å²) in [6.45, 7) is 0.983. The number of ether oxygens (including phenoxy) is 1. The van der Waals surface area contributed by atoms with E-state index in [-0.39, 0.29) is 22.0 Å². The summed E-state index contributed by atoms with van der Waals surface area (Å²) in [5.74, 6) is -0.524. The first-order valence-electron chi connectivity index (χ1n) is 8.44. The second kappa shape index (κ2) is 8.10. The number of esters is 1. The van der Waals surface area contributed by atoms with E-state index in [1.807, 2.05) is 0 Å². The number of thiophene rings is 1. The van der Waals surface area contributed by atoms with Gasteiger partial charge in [0.2, 0.25) is 0 Å². The Labute approximate surface area is 162 Å². The fraction of sp³-hybridized carbons (Fsp3) is 0.333. The Balaban J connectivity index is 1.62. The van der Waals surface area contributed by atoms with Gasteiger partial charge in [0.15, 0.2) is 0 Å². The maximum Gasteiger partial charge on any atom is 0.308 e. The van der Waals surface area contributed by atoms with E-state index in [2.05, 4.69) is 4.72 Å². The Morgan fingerprint density at radius 2 is 1.81 bits per heavy atom. The van der Waals surface area contributed by atoms with Gasteiger partial charge < -0.3 is 9.64 Å². The molecule has 1 amide bonds. The van der Waals surface area contributed by atoms with E-state index in [0.29, 0.717) is 37.2 Å². The lowest BCUT2D eigenvalue weighted by Crippen LogP contribution is -2.40. The molecule has 0 unspecified atom stereocenters. The summed E-state index contributed by atoms with van der Waals surface area (Å²) in [5.41, 5.74) is 0.870. The lowest BCUT2D eigenvalue weighted by atomic mass is 9.96. The number of amides is 1. The molecule has 1 N–H and O–H groups in total. The van der Waals surface area contributed by atoms with Crippen LogP contribution < -0.4 is 4.72 Å². The molecule has 27 heavy (non-hydrogen) atoms. The van der Waals surface area contributed by atoms with Gasteiger partial charge in [0.05, 0.1) is 13.0 Å². The van der Waals surface area contributed by atoms with E-state index in [0.717, 1.165) is 11.3 Å². The number of piperidine rings is 1. The first-order chi connectivity index (χ1) is 12.9. The van der Waals surface area contributed by atoms with Crippen molar-refractivity contribution < 1.29 is 22.7 Å². The van der Waals surface area contributed by atoms with Crippen molar-refractivity contribution in [2.24, 2.45) is 5.92 Å². The Morgan fingerprint density at radius 3 is 2.37 bits per heavy atom. The van der Waals surface area contributed by atoms with Gasteiger partial charge >= 0.3 is 5.97 Å². The number of rotatable bonds is 5. The molecule has 1 aliphatic rings. The van der Waals surface area contributed by atoms with Crippen LogP contribution in [-0.4, -0.2) is 45.4 Å². The molecule has 0 spiro atoms. The van der Waals surface area contributed by atoms with Crippen molar-refractivity contribution in [3.05, 3.63) is 47.3 Å². The molecule has 1 fully saturated rings. The van der Waals surface area contributed by atoms with Crippen LogP contribution in [0, 0.1) is 5.92 Å². The maximum absolute atomic E-state index is 12.6. The molecule has 0 radical (unpaired) electrons. The maximum atomic E-state index is 12.6. The summed E-state index contributed by atoms with van der Waals surface area (Å²) in [6.07, 6.45) is 1.16. The van der Waals surface area contributed by atoms with Crippen LogP contribution in [0.25, 0.3) is 0 Å². The van der Waals surface area contributed by atoms with Crippen molar-refractivity contribution in [1.29, 1.82) is 0 Å². The highest BCUT2D eigenvalue weighted by Crippen LogP contribution is 2.23. The van der Waals surface area contributed by atoms with Crippen molar-refractivity contribution in [2.75, 3.05) is 24.9 Å². The van der Waals surface area contributed by atoms with Gasteiger partial charge in [0, 0.05) is 24.3 Å². The Bertz CT molecular complexity index is 900. The first kappa shape index (κ1) is 19.4. The van der Waals surface area contributed by atoms with E-state index < -0.39 is 10.0 Å². The summed E-state index contributed by atoms with van der Waals surface area (Å²) in [6, 6.07) is 9.54. The summed E-state index contributed by atoms with van der Waals surface area (Å²) >= 11 is 1.14. The monoisotopic (exact) mass is 408 g/mol. The van der Waals surface area contributed by atoms with E-state index in [1.54, 1.807) is 40.6 Å². The minimum Gasteiger partial charge on any atom is -0.469 e. The highest BCUT2D eigenvalue weighted by atomic mass is 32.2. The third-order valence-corrected chi connectivity index (χ3v) is 7.24. The number of hydrogen-bond acceptors (Lipinski definition) is 6. The number of nitrogens with one attached hydrogen (secondary N) is 1. The molecule has 1 aromatic heterocycles. The van der Waals surface area contributed by atoms with Crippen LogP contribution >= 0.6 is 11.3 Å². The molecule has 9 heteroatoms. The summed E-state index contributed by atoms with van der Waals surface area (Å²) < 4.78 is 31.9. The van der Waals surface area contributed by atoms with Gasteiger partial charge in [-0.15, -0.1) is 11.3 Å². The van der Waals surface area contributed by atoms with E-state index in [9.17, 15) is 18.0 Å². The van der Waals surface area contributed by atoms with Crippen LogP contribution in [0.2, 0.25) is 0 Å². The van der Waals surface area contributed by atoms with Crippen LogP contribution in [-0.2, 0) is 19.6 Å². The van der Waals surface area contributed by atoms with E-state index in [1.165, 1.54) is 13.2 Å². The van der Waals surface area contributed by atoms with Crippen molar-refractivity contribution >= 4 is 38.9 Å². The molecule has 1 aromatic carbocycles. The second-order valence-corrected chi connectivity index (χ2v) is 9.06. The molecule has 0 aliphatic carbocycles. The molecule has 2 aromatic rings. The number of nitrogens with zero attached hydrogens (tertiary/aromatic N) is 1. The fourth-order valence-electron chi connectivity index (χ4n) is 2.97. The van der Waals surface area contributed by atoms with Crippen LogP contribution in [0.4, 0.5) is 5.69 Å². The standard InChI is InChI=1S/C18H20N2O5S2/c1-25-18(22)14-8-10-20(11-9-14)17(21)13-4-6-15(7-5-13)19-27(23,24)16-3-2-12-26-16/h2-7,12,14,19H,8-11H2,1H3. The summed E-state index contributed by atoms with van der Waals surface area (Å²) in [4.78, 5) is 25.9. The van der Waals surface area contributed by atoms with Crippen LogP contribution in [0.1, 0.15) is 23.2 Å². The lowest BCUT2D eigenvalue weighted by Gasteiger charge is -2.30. The molecule has 0 bridgehead atoms. The second-order valence-electron chi connectivity index (χ2n) is 6.20. The summed E-state index contributed by atoms with van der Waals surface area (Å²) in [5, 5.41) is 1.69. The number of sulfonamides is 1. The molecular weight excluding hydrogens is 388 g/mol. The van der Waals surface area contributed by atoms with Gasteiger partial charge in [-0.2, -0.15) is 0 Å². The molecular formula is C18H20N2O5S2. The number of anilines is 1. The lowest BCUT2D eigenvalue weighted by molar-refractivity contribution is -0.146. The van der Waals surface area contributed by atoms with Gasteiger partial charge in [0.25, 0.3) is 15.9 Å². The Kier molecular flexibility index (Phi) is 5.81. The average molecular weight is 409 g/mol. The molecule has 1 saturated heterocycles. The van der Waals surface area contributed by atoms with Crippen molar-refractivity contribution in [3.8, 4) is 0 Å². The topological polar surface area (TPSA) is 92.8 Å². The minimum atomic E-state index is -3.61. The average Bonchev–Trinajstić information content (AvgIpc) is 3.23. The minimum absolute atomic E-state index is 0.133. The molecule has 2 heterocycles. The van der Waals surface area contributed by atoms with Gasteiger partial charge in [-0.05, 0) is 48.6 Å². The third kappa shape index (κ3) is 4.48. The third-order valence-electron chi connectivity index (χ3n) is 4.46. The number of carbonyl (C=O) groups excluding carboxylic acids is 2. The number of benzene rings is 1. The zero-order valence-electron chi connectivity index (χ0n) is 14.8. The summed E-state index contributed by atoms with van der Waals surface area (Å²) in [7, 11) is -2.24. The molecule has 7 nitrogen and oxygen atoms in total. The quantitative estimate of drug-likeness (QED) is 0.768. The highest BCUT2D eigenvalue weighted by Gasteiger charge is 2.28. The normalized spacial score (nSPS) is 15.4. The van der Waals surface area contributed by atoms with Crippen LogP contribution in [0.15, 0.2) is 46.0 Å². The van der Waals surface area contributed by atoms with Gasteiger partial charge in [0.1, 0.15) is 4.21 Å². The molecule has 144 valence electrons. The number of carbonyl (C=O) groups is 2. The molecule has 0 saturated carbocycles. The molecule has 0 atom stereocenters. The highest BCUT2D eigenvalue weighted by molar-refractivity contribution is 7.94. The zero-order valence-corrected chi connectivity index (χ0v) is 16.4. The molecule has 3 rings (SSSR count). The number of hydrogen-bond donors (Lipinski definition) is 1. The van der Waals surface area contributed by atoms with E-state index in [4.69, 9.17) is 4.74 Å². The largest absolute Gasteiger partial charge is 0.469 e. The van der Waals surface area contributed by atoms with Crippen LogP contribution in [0.3, 0.4) is 0 Å². The zero-order chi connectivity index (χ0) is 19.4. The van der Waals surface area contributed by atoms with Crippen LogP contribution in [0.5, 0.6) is 0 Å². The Morgan fingerprint density at radius 1 is 1.15 bits per heavy atom. The van der Waals surface area contributed by atoms with Gasteiger partial charge in [-0.25, -0.2) is 8.42 Å². The fourth-order valence-corrected chi connectivity index (χ4v) is 5.02. The number of methoxy groups -OCH3 is 1. The Hall–Kier alpha value is -2.39. The van der Waals surface area contributed by atoms with Gasteiger partial charge in [-0.3, -0.25) is 14.3 Å². The SMILES string of the molecule is COC(=O)C1CCN(C(=O)c2ccc(NS(=O)(=O)c3cccs3)cc2)CC1. The molecule has 1 aliphatic heterocycles. The van der Waals surface area contributed by atoms with Gasteiger partial charge in [-0.1, -0.05) is 6.07 Å². The van der Waals surface area contributed by atoms with Crippen molar-refractivity contribution in [1.82, 2.24) is 4.90 Å². The first-order valence-corrected chi connectivity index (χ1v) is 10.8. The van der Waals surface area contributed by atoms with E-state index >= 15 is 0 Å². The van der Waals surface area contributed by atoms with Crippen molar-refractivity contribution in [2.45, 2.75) is 17.1 Å². The smallest absolute Gasteiger partial charge is 0.308 e. The van der Waals surface area contributed by atoms with Crippen molar-refractivity contribution in [3.63, 3.8) is 0 Å². The predicted molar refractivity (Wildman–Crippen MR) is 102 cm³/mol. The predicted octanol–water partition coefficient (Wildman–Crippen LogP) is 2.57. The number of likely N-dealkylation sites (tertiary alicyclic amines) is 1.